The van der Waals surface area contributed by atoms with Crippen LogP contribution in [0.4, 0.5) is 14.5 Å². The number of benzene rings is 1. The van der Waals surface area contributed by atoms with Gasteiger partial charge in [-0.3, -0.25) is 14.4 Å². The Morgan fingerprint density at radius 2 is 1.92 bits per heavy atom. The number of hydrogen-bond donors (Lipinski definition) is 0. The van der Waals surface area contributed by atoms with E-state index in [0.717, 1.165) is 24.6 Å². The third-order valence-electron chi connectivity index (χ3n) is 7.35. The van der Waals surface area contributed by atoms with Crippen LogP contribution >= 0.6 is 0 Å². The zero-order valence-corrected chi connectivity index (χ0v) is 21.3. The summed E-state index contributed by atoms with van der Waals surface area (Å²) in [5.74, 6) is -1.10. The summed E-state index contributed by atoms with van der Waals surface area (Å²) < 4.78 is 37.2. The van der Waals surface area contributed by atoms with Crippen molar-refractivity contribution in [2.24, 2.45) is 7.05 Å². The van der Waals surface area contributed by atoms with Gasteiger partial charge in [0.05, 0.1) is 30.6 Å². The fourth-order valence-electron chi connectivity index (χ4n) is 5.37. The second-order valence-electron chi connectivity index (χ2n) is 9.30. The summed E-state index contributed by atoms with van der Waals surface area (Å²) >= 11 is 0. The Morgan fingerprint density at radius 3 is 2.56 bits per heavy atom. The molecule has 1 fully saturated rings. The van der Waals surface area contributed by atoms with Crippen LogP contribution in [0.5, 0.6) is 5.75 Å². The maximum absolute atomic E-state index is 14.9. The number of hydrogen-bond acceptors (Lipinski definition) is 6. The molecule has 2 aromatic heterocycles. The largest absolute Gasteiger partial charge is 0.496 e. The number of pyridine rings is 1. The Kier molecular flexibility index (Phi) is 7.31. The lowest BCUT2D eigenvalue weighted by molar-refractivity contribution is 0.0977. The Morgan fingerprint density at radius 1 is 1.19 bits per heavy atom. The van der Waals surface area contributed by atoms with Gasteiger partial charge in [-0.05, 0) is 19.8 Å². The van der Waals surface area contributed by atoms with Gasteiger partial charge in [0.15, 0.2) is 0 Å². The number of aromatic nitrogens is 3. The number of anilines is 1. The van der Waals surface area contributed by atoms with Crippen LogP contribution in [0, 0.1) is 23.0 Å². The third kappa shape index (κ3) is 4.44. The van der Waals surface area contributed by atoms with E-state index < -0.39 is 11.6 Å². The van der Waals surface area contributed by atoms with Gasteiger partial charge >= 0.3 is 0 Å². The summed E-state index contributed by atoms with van der Waals surface area (Å²) in [6.07, 6.45) is 3.31. The molecule has 1 saturated heterocycles. The zero-order valence-electron chi connectivity index (χ0n) is 21.3. The smallest absolute Gasteiger partial charge is 0.252 e. The van der Waals surface area contributed by atoms with Gasteiger partial charge in [-0.25, -0.2) is 8.78 Å². The van der Waals surface area contributed by atoms with Crippen molar-refractivity contribution in [2.75, 3.05) is 25.1 Å². The molecule has 0 radical (unpaired) electrons. The van der Waals surface area contributed by atoms with Crippen molar-refractivity contribution >= 4 is 16.7 Å². The van der Waals surface area contributed by atoms with E-state index in [2.05, 4.69) is 34.8 Å². The minimum Gasteiger partial charge on any atom is -0.496 e. The molecule has 1 aliphatic rings. The number of ether oxygens (including phenoxy) is 1. The molecule has 3 aromatic rings. The number of nitrogens with zero attached hydrogens (tertiary/aromatic N) is 6. The van der Waals surface area contributed by atoms with Crippen molar-refractivity contribution in [1.29, 1.82) is 5.26 Å². The van der Waals surface area contributed by atoms with Gasteiger partial charge in [0.2, 0.25) is 0 Å². The number of nitriles is 1. The summed E-state index contributed by atoms with van der Waals surface area (Å²) in [6, 6.07) is 5.55. The van der Waals surface area contributed by atoms with Crippen molar-refractivity contribution in [1.82, 2.24) is 19.2 Å². The highest BCUT2D eigenvalue weighted by atomic mass is 19.1. The molecule has 4 rings (SSSR count). The number of aryl methyl sites for hydroxylation is 1. The second kappa shape index (κ2) is 10.3. The highest BCUT2D eigenvalue weighted by Gasteiger charge is 2.38. The molecular formula is C26H32F2N6O2. The first-order valence-corrected chi connectivity index (χ1v) is 12.2. The Labute approximate surface area is 209 Å². The standard InChI is InChI=1S/C26H32F2N6O2/c1-6-18-14-34(21-12-24(35)31(4)22-15-32(9-8-29)30-26(21)22)19(7-2)13-33(18)16(3)25-20(28)10-17(27)11-23(25)36-5/h10-12,15-16,18-19H,6-7,9,13-14H2,1-5H3/t16?,18-,19+/m1/s1. The Balaban J connectivity index is 1.75. The molecule has 0 amide bonds. The van der Waals surface area contributed by atoms with Crippen molar-refractivity contribution in [3.8, 4) is 11.8 Å². The van der Waals surface area contributed by atoms with Crippen LogP contribution in [0.25, 0.3) is 11.0 Å². The molecule has 10 heteroatoms. The summed E-state index contributed by atoms with van der Waals surface area (Å²) in [7, 11) is 3.12. The van der Waals surface area contributed by atoms with Crippen molar-refractivity contribution in [3.05, 3.63) is 51.9 Å². The molecule has 3 heterocycles. The van der Waals surface area contributed by atoms with Crippen molar-refractivity contribution < 1.29 is 13.5 Å². The van der Waals surface area contributed by atoms with E-state index in [4.69, 9.17) is 10.00 Å². The fourth-order valence-corrected chi connectivity index (χ4v) is 5.37. The maximum Gasteiger partial charge on any atom is 0.252 e. The highest BCUT2D eigenvalue weighted by molar-refractivity contribution is 5.88. The topological polar surface area (TPSA) is 79.3 Å². The molecule has 0 N–H and O–H groups in total. The molecule has 1 unspecified atom stereocenters. The highest BCUT2D eigenvalue weighted by Crippen LogP contribution is 2.38. The van der Waals surface area contributed by atoms with Crippen LogP contribution in [0.1, 0.15) is 45.2 Å². The summed E-state index contributed by atoms with van der Waals surface area (Å²) in [5.41, 5.74) is 2.28. The molecule has 1 aromatic carbocycles. The number of fused-ring (bicyclic) bond motifs is 1. The molecule has 8 nitrogen and oxygen atoms in total. The van der Waals surface area contributed by atoms with Crippen LogP contribution in [0.15, 0.2) is 29.2 Å². The molecule has 0 aliphatic carbocycles. The number of piperazine rings is 1. The summed E-state index contributed by atoms with van der Waals surface area (Å²) in [5, 5.41) is 13.7. The van der Waals surface area contributed by atoms with Gasteiger partial charge in [0.1, 0.15) is 29.4 Å². The lowest BCUT2D eigenvalue weighted by Crippen LogP contribution is -2.59. The second-order valence-corrected chi connectivity index (χ2v) is 9.30. The molecule has 1 aliphatic heterocycles. The van der Waals surface area contributed by atoms with Gasteiger partial charge in [0.25, 0.3) is 5.56 Å². The molecule has 0 bridgehead atoms. The zero-order chi connectivity index (χ0) is 26.1. The quantitative estimate of drug-likeness (QED) is 0.490. The van der Waals surface area contributed by atoms with Gasteiger partial charge in [0, 0.05) is 62.0 Å². The van der Waals surface area contributed by atoms with E-state index in [0.29, 0.717) is 29.7 Å². The van der Waals surface area contributed by atoms with Gasteiger partial charge < -0.3 is 14.2 Å². The van der Waals surface area contributed by atoms with E-state index in [-0.39, 0.29) is 36.0 Å². The van der Waals surface area contributed by atoms with E-state index in [9.17, 15) is 13.6 Å². The van der Waals surface area contributed by atoms with Crippen LogP contribution < -0.4 is 15.2 Å². The molecule has 192 valence electrons. The molecule has 36 heavy (non-hydrogen) atoms. The van der Waals surface area contributed by atoms with Crippen LogP contribution in [-0.4, -0.2) is 51.5 Å². The first-order chi connectivity index (χ1) is 17.2. The maximum atomic E-state index is 14.9. The third-order valence-corrected chi connectivity index (χ3v) is 7.35. The molecule has 0 spiro atoms. The SMILES string of the molecule is CC[C@H]1CN(C(C)c2c(F)cc(F)cc2OC)[C@H](CC)CN1c1cc(=O)n(C)c2cn(CC#N)nc12. The molecule has 3 atom stereocenters. The number of halogens is 2. The summed E-state index contributed by atoms with van der Waals surface area (Å²) in [6.45, 7) is 7.40. The number of methoxy groups -OCH3 is 1. The molecular weight excluding hydrogens is 466 g/mol. The lowest BCUT2D eigenvalue weighted by Gasteiger charge is -2.49. The van der Waals surface area contributed by atoms with E-state index in [1.54, 1.807) is 28.6 Å². The van der Waals surface area contributed by atoms with Gasteiger partial charge in [-0.1, -0.05) is 13.8 Å². The number of rotatable bonds is 7. The normalized spacial score (nSPS) is 19.4. The Bertz CT molecular complexity index is 1360. The lowest BCUT2D eigenvalue weighted by atomic mass is 9.95. The van der Waals surface area contributed by atoms with E-state index >= 15 is 0 Å². The van der Waals surface area contributed by atoms with E-state index in [1.165, 1.54) is 13.2 Å². The van der Waals surface area contributed by atoms with Crippen LogP contribution in [0.3, 0.4) is 0 Å². The monoisotopic (exact) mass is 498 g/mol. The Hall–Kier alpha value is -3.45. The van der Waals surface area contributed by atoms with Gasteiger partial charge in [-0.2, -0.15) is 10.4 Å². The van der Waals surface area contributed by atoms with Gasteiger partial charge in [-0.15, -0.1) is 0 Å². The first-order valence-electron chi connectivity index (χ1n) is 12.2. The molecule has 0 saturated carbocycles. The summed E-state index contributed by atoms with van der Waals surface area (Å²) in [4.78, 5) is 17.3. The van der Waals surface area contributed by atoms with Crippen LogP contribution in [0.2, 0.25) is 0 Å². The average Bonchev–Trinajstić information content (AvgIpc) is 3.29. The minimum atomic E-state index is -0.672. The predicted octanol–water partition coefficient (Wildman–Crippen LogP) is 3.99. The van der Waals surface area contributed by atoms with Crippen molar-refractivity contribution in [3.63, 3.8) is 0 Å². The van der Waals surface area contributed by atoms with Crippen LogP contribution in [-0.2, 0) is 13.6 Å². The first kappa shape index (κ1) is 25.6. The fraction of sp³-hybridized carbons (Fsp3) is 0.500. The van der Waals surface area contributed by atoms with E-state index in [1.807, 2.05) is 6.92 Å². The van der Waals surface area contributed by atoms with Crippen molar-refractivity contribution in [2.45, 2.75) is 58.3 Å². The minimum absolute atomic E-state index is 0.0289. The average molecular weight is 499 g/mol. The predicted molar refractivity (Wildman–Crippen MR) is 134 cm³/mol.